The summed E-state index contributed by atoms with van der Waals surface area (Å²) < 4.78 is 10.0. The Bertz CT molecular complexity index is 274. The molecule has 1 fully saturated rings. The third-order valence-electron chi connectivity index (χ3n) is 2.81. The number of hydrogen-bond donors (Lipinski definition) is 0. The van der Waals surface area contributed by atoms with Gasteiger partial charge in [-0.1, -0.05) is 0 Å². The van der Waals surface area contributed by atoms with Gasteiger partial charge in [0.1, 0.15) is 0 Å². The number of hydrogen-bond acceptors (Lipinski definition) is 4. The topological polar surface area (TPSA) is 62.6 Å². The first-order valence-electron chi connectivity index (χ1n) is 4.92. The van der Waals surface area contributed by atoms with E-state index in [1.807, 2.05) is 0 Å². The molecule has 1 rings (SSSR count). The van der Waals surface area contributed by atoms with Crippen LogP contribution in [0.15, 0.2) is 0 Å². The first kappa shape index (κ1) is 11.8. The summed E-state index contributed by atoms with van der Waals surface area (Å²) in [6.07, 6.45) is 1.60. The van der Waals surface area contributed by atoms with Crippen molar-refractivity contribution >= 4 is 6.09 Å². The van der Waals surface area contributed by atoms with E-state index < -0.39 is 5.60 Å². The minimum absolute atomic E-state index is 0.303. The van der Waals surface area contributed by atoms with Crippen molar-refractivity contribution in [1.29, 1.82) is 5.26 Å². The zero-order valence-corrected chi connectivity index (χ0v) is 9.15. The average molecular weight is 212 g/mol. The largest absolute Gasteiger partial charge is 0.453 e. The molecule has 0 aliphatic carbocycles. The molecule has 1 unspecified atom stereocenters. The number of nitrogens with zero attached hydrogens (tertiary/aromatic N) is 2. The van der Waals surface area contributed by atoms with E-state index in [2.05, 4.69) is 10.8 Å². The lowest BCUT2D eigenvalue weighted by Crippen LogP contribution is -2.51. The van der Waals surface area contributed by atoms with Crippen molar-refractivity contribution in [2.75, 3.05) is 27.3 Å². The Labute approximate surface area is 89.6 Å². The van der Waals surface area contributed by atoms with Crippen molar-refractivity contribution < 1.29 is 14.3 Å². The summed E-state index contributed by atoms with van der Waals surface area (Å²) in [5.74, 6) is 0. The fourth-order valence-electron chi connectivity index (χ4n) is 1.91. The molecule has 1 atom stereocenters. The van der Waals surface area contributed by atoms with Gasteiger partial charge >= 0.3 is 6.09 Å². The van der Waals surface area contributed by atoms with Gasteiger partial charge in [-0.25, -0.2) is 4.79 Å². The number of amides is 1. The molecule has 1 amide bonds. The van der Waals surface area contributed by atoms with Crippen LogP contribution in [0.3, 0.4) is 0 Å². The fourth-order valence-corrected chi connectivity index (χ4v) is 1.91. The molecule has 0 aromatic heterocycles. The molecular weight excluding hydrogens is 196 g/mol. The zero-order chi connectivity index (χ0) is 11.3. The summed E-state index contributed by atoms with van der Waals surface area (Å²) in [5.41, 5.74) is -0.513. The lowest BCUT2D eigenvalue weighted by molar-refractivity contribution is -0.0567. The Morgan fingerprint density at radius 1 is 1.60 bits per heavy atom. The van der Waals surface area contributed by atoms with Gasteiger partial charge < -0.3 is 14.4 Å². The average Bonchev–Trinajstić information content (AvgIpc) is 2.28. The highest BCUT2D eigenvalue weighted by Gasteiger charge is 2.37. The summed E-state index contributed by atoms with van der Waals surface area (Å²) in [6, 6.07) is 2.10. The van der Waals surface area contributed by atoms with Gasteiger partial charge in [-0.2, -0.15) is 5.26 Å². The molecule has 0 spiro atoms. The number of methoxy groups -OCH3 is 2. The highest BCUT2D eigenvalue weighted by atomic mass is 16.5. The van der Waals surface area contributed by atoms with Gasteiger partial charge in [-0.15, -0.1) is 0 Å². The van der Waals surface area contributed by atoms with E-state index in [9.17, 15) is 4.79 Å². The van der Waals surface area contributed by atoms with E-state index >= 15 is 0 Å². The fraction of sp³-hybridized carbons (Fsp3) is 0.800. The van der Waals surface area contributed by atoms with Crippen LogP contribution in [0.2, 0.25) is 0 Å². The van der Waals surface area contributed by atoms with Crippen molar-refractivity contribution in [2.45, 2.75) is 24.9 Å². The van der Waals surface area contributed by atoms with Gasteiger partial charge in [0, 0.05) is 13.7 Å². The van der Waals surface area contributed by atoms with Crippen LogP contribution in [0.4, 0.5) is 4.79 Å². The summed E-state index contributed by atoms with van der Waals surface area (Å²) in [5, 5.41) is 8.73. The SMILES string of the molecule is COC(=O)N1CCCC(CC#N)(OC)C1. The van der Waals surface area contributed by atoms with Crippen molar-refractivity contribution in [3.8, 4) is 6.07 Å². The minimum Gasteiger partial charge on any atom is -0.453 e. The maximum Gasteiger partial charge on any atom is 0.409 e. The first-order chi connectivity index (χ1) is 7.17. The van der Waals surface area contributed by atoms with Crippen LogP contribution >= 0.6 is 0 Å². The summed E-state index contributed by atoms with van der Waals surface area (Å²) >= 11 is 0. The number of carbonyl (C=O) groups excluding carboxylic acids is 1. The van der Waals surface area contributed by atoms with Crippen LogP contribution in [0.25, 0.3) is 0 Å². The Morgan fingerprint density at radius 2 is 2.33 bits per heavy atom. The molecule has 0 N–H and O–H groups in total. The Kier molecular flexibility index (Phi) is 3.92. The highest BCUT2D eigenvalue weighted by molar-refractivity contribution is 5.67. The number of piperidine rings is 1. The van der Waals surface area contributed by atoms with Crippen molar-refractivity contribution in [2.24, 2.45) is 0 Å². The number of ether oxygens (including phenoxy) is 2. The maximum absolute atomic E-state index is 11.3. The van der Waals surface area contributed by atoms with Gasteiger partial charge in [0.15, 0.2) is 0 Å². The van der Waals surface area contributed by atoms with Gasteiger partial charge in [0.05, 0.1) is 31.7 Å². The van der Waals surface area contributed by atoms with Crippen LogP contribution in [-0.2, 0) is 9.47 Å². The van der Waals surface area contributed by atoms with Crippen LogP contribution in [0, 0.1) is 11.3 Å². The van der Waals surface area contributed by atoms with Gasteiger partial charge in [-0.05, 0) is 12.8 Å². The Hall–Kier alpha value is -1.28. The molecule has 15 heavy (non-hydrogen) atoms. The molecule has 0 bridgehead atoms. The Morgan fingerprint density at radius 3 is 2.87 bits per heavy atom. The number of nitriles is 1. The second kappa shape index (κ2) is 4.99. The predicted octanol–water partition coefficient (Wildman–Crippen LogP) is 1.15. The Balaban J connectivity index is 2.68. The van der Waals surface area contributed by atoms with Crippen molar-refractivity contribution in [3.63, 3.8) is 0 Å². The normalized spacial score (nSPS) is 25.8. The van der Waals surface area contributed by atoms with Crippen molar-refractivity contribution in [3.05, 3.63) is 0 Å². The molecule has 0 aromatic rings. The third kappa shape index (κ3) is 2.60. The van der Waals surface area contributed by atoms with Crippen molar-refractivity contribution in [1.82, 2.24) is 4.90 Å². The van der Waals surface area contributed by atoms with Crippen LogP contribution < -0.4 is 0 Å². The van der Waals surface area contributed by atoms with E-state index in [-0.39, 0.29) is 6.09 Å². The van der Waals surface area contributed by atoms with E-state index in [1.54, 1.807) is 12.0 Å². The van der Waals surface area contributed by atoms with Gasteiger partial charge in [0.2, 0.25) is 0 Å². The monoisotopic (exact) mass is 212 g/mol. The van der Waals surface area contributed by atoms with E-state index in [4.69, 9.17) is 10.00 Å². The molecule has 5 nitrogen and oxygen atoms in total. The van der Waals surface area contributed by atoms with E-state index in [1.165, 1.54) is 7.11 Å². The molecule has 5 heteroatoms. The second-order valence-corrected chi connectivity index (χ2v) is 3.72. The predicted molar refractivity (Wildman–Crippen MR) is 53.2 cm³/mol. The molecule has 0 saturated carbocycles. The van der Waals surface area contributed by atoms with Crippen LogP contribution in [0.1, 0.15) is 19.3 Å². The van der Waals surface area contributed by atoms with Gasteiger partial charge in [-0.3, -0.25) is 0 Å². The molecule has 1 saturated heterocycles. The molecule has 1 heterocycles. The van der Waals surface area contributed by atoms with E-state index in [0.717, 1.165) is 12.8 Å². The lowest BCUT2D eigenvalue weighted by atomic mass is 9.90. The minimum atomic E-state index is -0.513. The summed E-state index contributed by atoms with van der Waals surface area (Å²) in [7, 11) is 2.94. The molecule has 1 aliphatic heterocycles. The molecule has 0 aromatic carbocycles. The number of carbonyl (C=O) groups is 1. The number of likely N-dealkylation sites (tertiary alicyclic amines) is 1. The quantitative estimate of drug-likeness (QED) is 0.688. The summed E-state index contributed by atoms with van der Waals surface area (Å²) in [4.78, 5) is 12.9. The van der Waals surface area contributed by atoms with Crippen LogP contribution in [-0.4, -0.2) is 43.9 Å². The molecule has 84 valence electrons. The maximum atomic E-state index is 11.3. The van der Waals surface area contributed by atoms with Crippen LogP contribution in [0.5, 0.6) is 0 Å². The standard InChI is InChI=1S/C10H16N2O3/c1-14-9(13)12-7-3-4-10(8-12,15-2)5-6-11/h3-5,7-8H2,1-2H3. The lowest BCUT2D eigenvalue weighted by Gasteiger charge is -2.39. The molecular formula is C10H16N2O3. The highest BCUT2D eigenvalue weighted by Crippen LogP contribution is 2.27. The smallest absolute Gasteiger partial charge is 0.409 e. The third-order valence-corrected chi connectivity index (χ3v) is 2.81. The number of rotatable bonds is 2. The first-order valence-corrected chi connectivity index (χ1v) is 4.92. The van der Waals surface area contributed by atoms with E-state index in [0.29, 0.717) is 19.5 Å². The second-order valence-electron chi connectivity index (χ2n) is 3.72. The molecule has 1 aliphatic rings. The zero-order valence-electron chi connectivity index (χ0n) is 9.15. The molecule has 0 radical (unpaired) electrons. The van der Waals surface area contributed by atoms with Gasteiger partial charge in [0.25, 0.3) is 0 Å². The summed E-state index contributed by atoms with van der Waals surface area (Å²) in [6.45, 7) is 1.10.